The third-order valence-electron chi connectivity index (χ3n) is 6.13. The third-order valence-corrected chi connectivity index (χ3v) is 6.13. The van der Waals surface area contributed by atoms with Crippen molar-refractivity contribution in [3.63, 3.8) is 0 Å². The molecule has 0 saturated heterocycles. The van der Waals surface area contributed by atoms with Crippen LogP contribution in [0.15, 0.2) is 6.20 Å². The van der Waals surface area contributed by atoms with Gasteiger partial charge in [-0.15, -0.1) is 0 Å². The van der Waals surface area contributed by atoms with Crippen molar-refractivity contribution in [3.05, 3.63) is 22.0 Å². The number of nitrogens with one attached hydrogen (secondary N) is 1. The molecule has 7 nitrogen and oxygen atoms in total. The normalized spacial score (nSPS) is 33.6. The van der Waals surface area contributed by atoms with Gasteiger partial charge in [0.1, 0.15) is 11.9 Å². The van der Waals surface area contributed by atoms with Gasteiger partial charge < -0.3 is 5.32 Å². The zero-order valence-corrected chi connectivity index (χ0v) is 14.0. The molecule has 0 atom stereocenters. The monoisotopic (exact) mass is 332 g/mol. The number of hydrogen-bond acceptors (Lipinski definition) is 4. The molecule has 0 unspecified atom stereocenters. The fourth-order valence-electron chi connectivity index (χ4n) is 5.64. The maximum atomic E-state index is 12.4. The molecule has 1 heterocycles. The van der Waals surface area contributed by atoms with Gasteiger partial charge >= 0.3 is 5.69 Å². The van der Waals surface area contributed by atoms with E-state index in [0.717, 1.165) is 37.0 Å². The summed E-state index contributed by atoms with van der Waals surface area (Å²) in [6.45, 7) is 2.00. The van der Waals surface area contributed by atoms with Gasteiger partial charge in [0.05, 0.1) is 4.92 Å². The predicted octanol–water partition coefficient (Wildman–Crippen LogP) is 2.57. The lowest BCUT2D eigenvalue weighted by atomic mass is 9.53. The Balaban J connectivity index is 1.36. The number of aromatic nitrogens is 2. The summed E-state index contributed by atoms with van der Waals surface area (Å²) in [5, 5.41) is 18.3. The van der Waals surface area contributed by atoms with E-state index >= 15 is 0 Å². The van der Waals surface area contributed by atoms with Crippen LogP contribution in [-0.4, -0.2) is 26.1 Å². The average molecular weight is 332 g/mol. The number of nitrogens with zero attached hydrogens (tertiary/aromatic N) is 3. The Morgan fingerprint density at radius 3 is 2.42 bits per heavy atom. The molecule has 1 aromatic rings. The molecule has 1 amide bonds. The van der Waals surface area contributed by atoms with Crippen LogP contribution in [0.2, 0.25) is 0 Å². The fourth-order valence-corrected chi connectivity index (χ4v) is 5.64. The second-order valence-electron chi connectivity index (χ2n) is 8.12. The number of hydrogen-bond donors (Lipinski definition) is 1. The zero-order chi connectivity index (χ0) is 16.9. The molecule has 4 aliphatic rings. The molecule has 0 radical (unpaired) electrons. The smallest absolute Gasteiger partial charge is 0.309 e. The van der Waals surface area contributed by atoms with Crippen LogP contribution in [0.3, 0.4) is 0 Å². The van der Waals surface area contributed by atoms with Gasteiger partial charge in [0, 0.05) is 18.5 Å². The van der Waals surface area contributed by atoms with Crippen molar-refractivity contribution in [1.82, 2.24) is 15.1 Å². The van der Waals surface area contributed by atoms with Crippen LogP contribution in [0.5, 0.6) is 0 Å². The first kappa shape index (κ1) is 15.6. The number of nitro groups is 1. The van der Waals surface area contributed by atoms with Crippen LogP contribution in [0, 0.1) is 34.8 Å². The van der Waals surface area contributed by atoms with E-state index in [1.807, 2.05) is 0 Å². The van der Waals surface area contributed by atoms with Crippen LogP contribution < -0.4 is 5.32 Å². The van der Waals surface area contributed by atoms with Gasteiger partial charge in [0.15, 0.2) is 0 Å². The second kappa shape index (κ2) is 5.57. The summed E-state index contributed by atoms with van der Waals surface area (Å²) in [5.74, 6) is 2.45. The molecule has 1 N–H and O–H groups in total. The maximum Gasteiger partial charge on any atom is 0.309 e. The SMILES string of the molecule is Cc1nn(CCC(=O)NC23CC4CC(CC(C4)C2)C3)cc1[N+](=O)[O-]. The lowest BCUT2D eigenvalue weighted by Gasteiger charge is -2.56. The highest BCUT2D eigenvalue weighted by molar-refractivity contribution is 5.76. The highest BCUT2D eigenvalue weighted by Gasteiger charge is 2.51. The molecule has 1 aromatic heterocycles. The van der Waals surface area contributed by atoms with Gasteiger partial charge in [0.25, 0.3) is 0 Å². The molecule has 0 aliphatic heterocycles. The Labute approximate surface area is 140 Å². The summed E-state index contributed by atoms with van der Waals surface area (Å²) in [4.78, 5) is 22.9. The maximum absolute atomic E-state index is 12.4. The Morgan fingerprint density at radius 1 is 1.33 bits per heavy atom. The lowest BCUT2D eigenvalue weighted by Crippen LogP contribution is -2.59. The van der Waals surface area contributed by atoms with Crippen molar-refractivity contribution in [1.29, 1.82) is 0 Å². The molecule has 4 saturated carbocycles. The first-order chi connectivity index (χ1) is 11.4. The number of carbonyl (C=O) groups excluding carboxylic acids is 1. The standard InChI is InChI=1S/C17H24N4O3/c1-11-15(21(23)24)10-20(19-11)3-2-16(22)18-17-7-12-4-13(8-17)6-14(5-12)9-17/h10,12-14H,2-9H2,1H3,(H,18,22). The van der Waals surface area contributed by atoms with Crippen molar-refractivity contribution >= 4 is 11.6 Å². The van der Waals surface area contributed by atoms with E-state index in [2.05, 4.69) is 10.4 Å². The van der Waals surface area contributed by atoms with Gasteiger partial charge in [-0.05, 0) is 63.2 Å². The number of amides is 1. The van der Waals surface area contributed by atoms with E-state index < -0.39 is 4.92 Å². The van der Waals surface area contributed by atoms with Crippen LogP contribution in [0.1, 0.15) is 50.6 Å². The van der Waals surface area contributed by atoms with E-state index in [0.29, 0.717) is 18.7 Å². The zero-order valence-electron chi connectivity index (χ0n) is 14.0. The molecule has 7 heteroatoms. The van der Waals surface area contributed by atoms with Crippen molar-refractivity contribution in [3.8, 4) is 0 Å². The van der Waals surface area contributed by atoms with Crippen molar-refractivity contribution < 1.29 is 9.72 Å². The first-order valence-corrected chi connectivity index (χ1v) is 8.92. The van der Waals surface area contributed by atoms with Crippen molar-refractivity contribution in [2.24, 2.45) is 17.8 Å². The van der Waals surface area contributed by atoms with Crippen LogP contribution in [0.25, 0.3) is 0 Å². The van der Waals surface area contributed by atoms with Gasteiger partial charge in [-0.25, -0.2) is 0 Å². The first-order valence-electron chi connectivity index (χ1n) is 8.92. The van der Waals surface area contributed by atoms with Gasteiger partial charge in [0.2, 0.25) is 5.91 Å². The highest BCUT2D eigenvalue weighted by atomic mass is 16.6. The van der Waals surface area contributed by atoms with E-state index in [-0.39, 0.29) is 17.1 Å². The summed E-state index contributed by atoms with van der Waals surface area (Å²) < 4.78 is 1.51. The highest BCUT2D eigenvalue weighted by Crippen LogP contribution is 2.55. The molecule has 4 bridgehead atoms. The van der Waals surface area contributed by atoms with Crippen LogP contribution in [0.4, 0.5) is 5.69 Å². The van der Waals surface area contributed by atoms with E-state index in [4.69, 9.17) is 0 Å². The largest absolute Gasteiger partial charge is 0.351 e. The Kier molecular flexibility index (Phi) is 3.62. The minimum Gasteiger partial charge on any atom is -0.351 e. The number of carbonyl (C=O) groups is 1. The summed E-state index contributed by atoms with van der Waals surface area (Å²) in [6.07, 6.45) is 9.20. The summed E-state index contributed by atoms with van der Waals surface area (Å²) in [7, 11) is 0. The van der Waals surface area contributed by atoms with Crippen LogP contribution in [-0.2, 0) is 11.3 Å². The van der Waals surface area contributed by atoms with Crippen molar-refractivity contribution in [2.75, 3.05) is 0 Å². The predicted molar refractivity (Wildman–Crippen MR) is 87.3 cm³/mol. The molecular formula is C17H24N4O3. The molecule has 24 heavy (non-hydrogen) atoms. The number of aryl methyl sites for hydroxylation is 2. The lowest BCUT2D eigenvalue weighted by molar-refractivity contribution is -0.385. The summed E-state index contributed by atoms with van der Waals surface area (Å²) in [6, 6.07) is 0. The molecule has 5 rings (SSSR count). The summed E-state index contributed by atoms with van der Waals surface area (Å²) >= 11 is 0. The van der Waals surface area contributed by atoms with E-state index in [1.165, 1.54) is 30.1 Å². The summed E-state index contributed by atoms with van der Waals surface area (Å²) in [5.41, 5.74) is 0.427. The molecular weight excluding hydrogens is 308 g/mol. The Bertz CT molecular complexity index is 646. The quantitative estimate of drug-likeness (QED) is 0.663. The average Bonchev–Trinajstić information content (AvgIpc) is 2.84. The van der Waals surface area contributed by atoms with Gasteiger partial charge in [-0.1, -0.05) is 0 Å². The third kappa shape index (κ3) is 2.80. The molecule has 0 spiro atoms. The van der Waals surface area contributed by atoms with E-state index in [1.54, 1.807) is 6.92 Å². The minimum absolute atomic E-state index is 0.0106. The van der Waals surface area contributed by atoms with Crippen molar-refractivity contribution in [2.45, 2.75) is 64.0 Å². The van der Waals surface area contributed by atoms with Crippen LogP contribution >= 0.6 is 0 Å². The van der Waals surface area contributed by atoms with E-state index in [9.17, 15) is 14.9 Å². The fraction of sp³-hybridized carbons (Fsp3) is 0.765. The molecule has 130 valence electrons. The molecule has 4 aliphatic carbocycles. The molecule has 4 fully saturated rings. The Hall–Kier alpha value is -1.92. The second-order valence-corrected chi connectivity index (χ2v) is 8.12. The Morgan fingerprint density at radius 2 is 1.92 bits per heavy atom. The van der Waals surface area contributed by atoms with Gasteiger partial charge in [-0.2, -0.15) is 5.10 Å². The topological polar surface area (TPSA) is 90.1 Å². The number of rotatable bonds is 5. The minimum atomic E-state index is -0.436. The molecule has 0 aromatic carbocycles. The van der Waals surface area contributed by atoms with Gasteiger partial charge in [-0.3, -0.25) is 19.6 Å².